The van der Waals surface area contributed by atoms with Crippen LogP contribution in [0.15, 0.2) is 15.1 Å². The quantitative estimate of drug-likeness (QED) is 0.862. The van der Waals surface area contributed by atoms with Gasteiger partial charge in [0, 0.05) is 31.5 Å². The van der Waals surface area contributed by atoms with Gasteiger partial charge in [-0.3, -0.25) is 4.79 Å². The zero-order valence-corrected chi connectivity index (χ0v) is 12.9. The largest absolute Gasteiger partial charge is 0.351 e. The summed E-state index contributed by atoms with van der Waals surface area (Å²) in [6.45, 7) is 5.21. The van der Waals surface area contributed by atoms with Crippen LogP contribution in [0.25, 0.3) is 0 Å². The van der Waals surface area contributed by atoms with E-state index in [0.29, 0.717) is 30.4 Å². The molecule has 1 aliphatic heterocycles. The molecule has 22 heavy (non-hydrogen) atoms. The predicted molar refractivity (Wildman–Crippen MR) is 77.4 cm³/mol. The Morgan fingerprint density at radius 3 is 2.73 bits per heavy atom. The van der Waals surface area contributed by atoms with E-state index in [1.54, 1.807) is 17.9 Å². The average Bonchev–Trinajstić information content (AvgIpc) is 3.16. The molecule has 0 spiro atoms. The molecule has 0 bridgehead atoms. The van der Waals surface area contributed by atoms with Crippen LogP contribution in [0, 0.1) is 6.92 Å². The molecule has 0 unspecified atom stereocenters. The summed E-state index contributed by atoms with van der Waals surface area (Å²) in [7, 11) is 0. The second kappa shape index (κ2) is 6.29. The van der Waals surface area contributed by atoms with Crippen molar-refractivity contribution >= 4 is 5.91 Å². The molecule has 2 aromatic heterocycles. The van der Waals surface area contributed by atoms with E-state index in [2.05, 4.69) is 22.2 Å². The molecule has 1 fully saturated rings. The van der Waals surface area contributed by atoms with Crippen molar-refractivity contribution in [2.45, 2.75) is 45.4 Å². The zero-order valence-electron chi connectivity index (χ0n) is 12.9. The van der Waals surface area contributed by atoms with E-state index < -0.39 is 0 Å². The summed E-state index contributed by atoms with van der Waals surface area (Å²) in [6.07, 6.45) is 3.49. The number of hydrogen-bond acceptors (Lipinski definition) is 6. The fraction of sp³-hybridized carbons (Fsp3) is 0.600. The van der Waals surface area contributed by atoms with Crippen molar-refractivity contribution in [1.82, 2.24) is 20.2 Å². The second-order valence-electron chi connectivity index (χ2n) is 5.70. The van der Waals surface area contributed by atoms with E-state index in [1.165, 1.54) is 0 Å². The van der Waals surface area contributed by atoms with Gasteiger partial charge in [0.2, 0.25) is 11.7 Å². The Morgan fingerprint density at radius 1 is 1.32 bits per heavy atom. The first kappa shape index (κ1) is 14.7. The number of nitrogens with zero attached hydrogens (tertiary/aromatic N) is 4. The maximum Gasteiger partial charge on any atom is 0.292 e. The molecule has 7 nitrogen and oxygen atoms in total. The number of rotatable bonds is 4. The minimum Gasteiger partial charge on any atom is -0.351 e. The normalized spacial score (nSPS) is 16.2. The van der Waals surface area contributed by atoms with Gasteiger partial charge in [-0.25, -0.2) is 0 Å². The standard InChI is InChI=1S/C15H20N4O3/c1-3-4-13-16-14(22-18-13)11-5-7-19(8-6-11)15(20)12-9-10(2)17-21-12/h9,11H,3-8H2,1-2H3. The molecule has 0 radical (unpaired) electrons. The Kier molecular flexibility index (Phi) is 4.22. The number of piperidine rings is 1. The first-order valence-corrected chi connectivity index (χ1v) is 7.72. The molecule has 3 heterocycles. The van der Waals surface area contributed by atoms with Gasteiger partial charge in [0.1, 0.15) is 0 Å². The van der Waals surface area contributed by atoms with Gasteiger partial charge in [0.15, 0.2) is 5.82 Å². The summed E-state index contributed by atoms with van der Waals surface area (Å²) >= 11 is 0. The number of aromatic nitrogens is 3. The predicted octanol–water partition coefficient (Wildman–Crippen LogP) is 2.34. The smallest absolute Gasteiger partial charge is 0.292 e. The highest BCUT2D eigenvalue weighted by Crippen LogP contribution is 2.27. The van der Waals surface area contributed by atoms with Gasteiger partial charge in [-0.2, -0.15) is 4.98 Å². The van der Waals surface area contributed by atoms with Gasteiger partial charge in [-0.05, 0) is 26.2 Å². The zero-order chi connectivity index (χ0) is 15.5. The average molecular weight is 304 g/mol. The van der Waals surface area contributed by atoms with Gasteiger partial charge in [0.25, 0.3) is 5.91 Å². The summed E-state index contributed by atoms with van der Waals surface area (Å²) in [5.74, 6) is 1.91. The second-order valence-corrected chi connectivity index (χ2v) is 5.70. The van der Waals surface area contributed by atoms with Crippen LogP contribution in [-0.2, 0) is 6.42 Å². The van der Waals surface area contributed by atoms with Crippen molar-refractivity contribution in [2.24, 2.45) is 0 Å². The number of carbonyl (C=O) groups is 1. The molecular formula is C15H20N4O3. The van der Waals surface area contributed by atoms with Gasteiger partial charge in [-0.15, -0.1) is 0 Å². The lowest BCUT2D eigenvalue weighted by Crippen LogP contribution is -2.37. The number of hydrogen-bond donors (Lipinski definition) is 0. The molecule has 0 saturated carbocycles. The summed E-state index contributed by atoms with van der Waals surface area (Å²) in [4.78, 5) is 18.5. The van der Waals surface area contributed by atoms with Crippen molar-refractivity contribution in [1.29, 1.82) is 0 Å². The molecular weight excluding hydrogens is 284 g/mol. The van der Waals surface area contributed by atoms with Crippen molar-refractivity contribution in [3.63, 3.8) is 0 Å². The summed E-state index contributed by atoms with van der Waals surface area (Å²) < 4.78 is 10.4. The van der Waals surface area contributed by atoms with E-state index in [4.69, 9.17) is 9.05 Å². The van der Waals surface area contributed by atoms with Gasteiger partial charge in [0.05, 0.1) is 5.69 Å². The lowest BCUT2D eigenvalue weighted by Gasteiger charge is -2.29. The van der Waals surface area contributed by atoms with Crippen molar-refractivity contribution < 1.29 is 13.8 Å². The minimum absolute atomic E-state index is 0.101. The Bertz CT molecular complexity index is 641. The first-order valence-electron chi connectivity index (χ1n) is 7.72. The molecule has 2 aromatic rings. The van der Waals surface area contributed by atoms with E-state index in [-0.39, 0.29) is 11.8 Å². The molecule has 0 aliphatic carbocycles. The summed E-state index contributed by atoms with van der Waals surface area (Å²) in [5, 5.41) is 7.76. The van der Waals surface area contributed by atoms with Crippen molar-refractivity contribution in [3.8, 4) is 0 Å². The third-order valence-corrected chi connectivity index (χ3v) is 3.93. The van der Waals surface area contributed by atoms with Crippen LogP contribution < -0.4 is 0 Å². The fourth-order valence-corrected chi connectivity index (χ4v) is 2.71. The SMILES string of the molecule is CCCc1noc(C2CCN(C(=O)c3cc(C)no3)CC2)n1. The van der Waals surface area contributed by atoms with E-state index in [9.17, 15) is 4.79 Å². The number of likely N-dealkylation sites (tertiary alicyclic amines) is 1. The topological polar surface area (TPSA) is 85.3 Å². The molecule has 0 atom stereocenters. The van der Waals surface area contributed by atoms with Crippen molar-refractivity contribution in [3.05, 3.63) is 29.2 Å². The Labute approximate surface area is 128 Å². The van der Waals surface area contributed by atoms with Crippen LogP contribution in [0.1, 0.15) is 60.1 Å². The van der Waals surface area contributed by atoms with Gasteiger partial charge < -0.3 is 13.9 Å². The number of aryl methyl sites for hydroxylation is 2. The summed E-state index contributed by atoms with van der Waals surface area (Å²) in [6, 6.07) is 1.67. The highest BCUT2D eigenvalue weighted by molar-refractivity contribution is 5.91. The molecule has 118 valence electrons. The third kappa shape index (κ3) is 3.03. The molecule has 3 rings (SSSR count). The number of carbonyl (C=O) groups excluding carboxylic acids is 1. The van der Waals surface area contributed by atoms with E-state index >= 15 is 0 Å². The van der Waals surface area contributed by atoms with Crippen LogP contribution in [0.3, 0.4) is 0 Å². The van der Waals surface area contributed by atoms with E-state index in [0.717, 1.165) is 31.5 Å². The minimum atomic E-state index is -0.101. The molecule has 0 N–H and O–H groups in total. The molecule has 7 heteroatoms. The highest BCUT2D eigenvalue weighted by Gasteiger charge is 2.29. The molecule has 1 aliphatic rings. The molecule has 1 saturated heterocycles. The van der Waals surface area contributed by atoms with Crippen molar-refractivity contribution in [2.75, 3.05) is 13.1 Å². The van der Waals surface area contributed by atoms with Crippen LogP contribution in [0.4, 0.5) is 0 Å². The van der Waals surface area contributed by atoms with Gasteiger partial charge in [-0.1, -0.05) is 17.2 Å². The molecule has 0 aromatic carbocycles. The van der Waals surface area contributed by atoms with Crippen LogP contribution >= 0.6 is 0 Å². The summed E-state index contributed by atoms with van der Waals surface area (Å²) in [5.41, 5.74) is 0.715. The fourth-order valence-electron chi connectivity index (χ4n) is 2.71. The third-order valence-electron chi connectivity index (χ3n) is 3.93. The van der Waals surface area contributed by atoms with E-state index in [1.807, 2.05) is 0 Å². The lowest BCUT2D eigenvalue weighted by atomic mass is 9.96. The van der Waals surface area contributed by atoms with Crippen LogP contribution in [-0.4, -0.2) is 39.2 Å². The maximum atomic E-state index is 12.3. The maximum absolute atomic E-state index is 12.3. The van der Waals surface area contributed by atoms with Crippen LogP contribution in [0.5, 0.6) is 0 Å². The Morgan fingerprint density at radius 2 is 2.09 bits per heavy atom. The molecule has 1 amide bonds. The Hall–Kier alpha value is -2.18. The first-order chi connectivity index (χ1) is 10.7. The lowest BCUT2D eigenvalue weighted by molar-refractivity contribution is 0.0662. The highest BCUT2D eigenvalue weighted by atomic mass is 16.5. The van der Waals surface area contributed by atoms with Gasteiger partial charge >= 0.3 is 0 Å². The monoisotopic (exact) mass is 304 g/mol. The number of amides is 1. The Balaban J connectivity index is 1.58. The van der Waals surface area contributed by atoms with Crippen LogP contribution in [0.2, 0.25) is 0 Å².